The van der Waals surface area contributed by atoms with Crippen LogP contribution in [0.2, 0.25) is 5.02 Å². The largest absolute Gasteiger partial charge is 0.490 e. The number of amides is 3. The average molecular weight is 565 g/mol. The second-order valence-corrected chi connectivity index (χ2v) is 10.5. The van der Waals surface area contributed by atoms with Gasteiger partial charge in [0, 0.05) is 16.3 Å². The molecule has 0 saturated carbocycles. The Kier molecular flexibility index (Phi) is 9.32. The van der Waals surface area contributed by atoms with E-state index >= 15 is 0 Å². The van der Waals surface area contributed by atoms with E-state index in [1.165, 1.54) is 0 Å². The van der Waals surface area contributed by atoms with Crippen LogP contribution in [0.1, 0.15) is 43.4 Å². The lowest BCUT2D eigenvalue weighted by Gasteiger charge is -2.14. The van der Waals surface area contributed by atoms with Gasteiger partial charge in [0.2, 0.25) is 5.91 Å². The Hall–Kier alpha value is -3.75. The van der Waals surface area contributed by atoms with Crippen molar-refractivity contribution in [2.45, 2.75) is 33.3 Å². The molecule has 7 nitrogen and oxygen atoms in total. The van der Waals surface area contributed by atoms with E-state index in [0.717, 1.165) is 27.8 Å². The SMILES string of the molecule is CCOc1cc(/C=C2/SC(=O)N(CC(=O)Nc3ccc(C(C)C)cc3)C2=O)ccc1OCc1ccccc1Cl. The first kappa shape index (κ1) is 28.3. The molecule has 1 N–H and O–H groups in total. The van der Waals surface area contributed by atoms with Gasteiger partial charge in [-0.1, -0.05) is 61.8 Å². The van der Waals surface area contributed by atoms with Gasteiger partial charge in [0.15, 0.2) is 11.5 Å². The molecule has 0 radical (unpaired) electrons. The molecule has 3 amide bonds. The van der Waals surface area contributed by atoms with E-state index in [1.807, 2.05) is 37.3 Å². The van der Waals surface area contributed by atoms with Crippen molar-refractivity contribution in [1.82, 2.24) is 4.90 Å². The van der Waals surface area contributed by atoms with Gasteiger partial charge in [0.05, 0.1) is 11.5 Å². The topological polar surface area (TPSA) is 84.9 Å². The average Bonchev–Trinajstić information content (AvgIpc) is 3.16. The first-order chi connectivity index (χ1) is 18.7. The van der Waals surface area contributed by atoms with E-state index in [1.54, 1.807) is 42.5 Å². The maximum absolute atomic E-state index is 13.0. The van der Waals surface area contributed by atoms with E-state index in [0.29, 0.717) is 40.3 Å². The van der Waals surface area contributed by atoms with Crippen LogP contribution in [0.4, 0.5) is 10.5 Å². The minimum absolute atomic E-state index is 0.223. The maximum atomic E-state index is 13.0. The van der Waals surface area contributed by atoms with Crippen LogP contribution in [0.15, 0.2) is 71.6 Å². The number of hydrogen-bond donors (Lipinski definition) is 1. The zero-order valence-electron chi connectivity index (χ0n) is 21.9. The Labute approximate surface area is 237 Å². The van der Waals surface area contributed by atoms with Crippen LogP contribution >= 0.6 is 23.4 Å². The number of ether oxygens (including phenoxy) is 2. The zero-order chi connectivity index (χ0) is 27.9. The number of halogens is 1. The summed E-state index contributed by atoms with van der Waals surface area (Å²) in [6.07, 6.45) is 1.60. The Morgan fingerprint density at radius 2 is 1.77 bits per heavy atom. The summed E-state index contributed by atoms with van der Waals surface area (Å²) < 4.78 is 11.7. The van der Waals surface area contributed by atoms with Crippen molar-refractivity contribution in [3.63, 3.8) is 0 Å². The van der Waals surface area contributed by atoms with Crippen LogP contribution in [-0.4, -0.2) is 35.1 Å². The first-order valence-corrected chi connectivity index (χ1v) is 13.7. The molecule has 0 spiro atoms. The van der Waals surface area contributed by atoms with E-state index in [2.05, 4.69) is 19.2 Å². The van der Waals surface area contributed by atoms with Crippen molar-refractivity contribution >= 4 is 52.2 Å². The molecule has 0 bridgehead atoms. The maximum Gasteiger partial charge on any atom is 0.294 e. The molecular weight excluding hydrogens is 536 g/mol. The number of thioether (sulfide) groups is 1. The zero-order valence-corrected chi connectivity index (χ0v) is 23.5. The summed E-state index contributed by atoms with van der Waals surface area (Å²) in [5, 5.41) is 2.86. The Balaban J connectivity index is 1.43. The smallest absolute Gasteiger partial charge is 0.294 e. The van der Waals surface area contributed by atoms with Gasteiger partial charge in [-0.15, -0.1) is 0 Å². The lowest BCUT2D eigenvalue weighted by atomic mass is 10.0. The number of nitrogens with one attached hydrogen (secondary N) is 1. The third-order valence-electron chi connectivity index (χ3n) is 5.94. The second-order valence-electron chi connectivity index (χ2n) is 9.11. The predicted octanol–water partition coefficient (Wildman–Crippen LogP) is 7.12. The summed E-state index contributed by atoms with van der Waals surface area (Å²) in [6.45, 7) is 6.35. The summed E-state index contributed by atoms with van der Waals surface area (Å²) in [5.74, 6) is 0.431. The fraction of sp³-hybridized carbons (Fsp3) is 0.233. The summed E-state index contributed by atoms with van der Waals surface area (Å²) in [4.78, 5) is 39.2. The fourth-order valence-corrected chi connectivity index (χ4v) is 4.88. The van der Waals surface area contributed by atoms with E-state index in [-0.39, 0.29) is 18.1 Å². The third-order valence-corrected chi connectivity index (χ3v) is 7.22. The molecule has 1 fully saturated rings. The van der Waals surface area contributed by atoms with Gasteiger partial charge in [0.25, 0.3) is 11.1 Å². The van der Waals surface area contributed by atoms with Crippen molar-refractivity contribution in [1.29, 1.82) is 0 Å². The van der Waals surface area contributed by atoms with Gasteiger partial charge >= 0.3 is 0 Å². The van der Waals surface area contributed by atoms with Crippen LogP contribution in [-0.2, 0) is 16.2 Å². The molecule has 202 valence electrons. The first-order valence-electron chi connectivity index (χ1n) is 12.5. The summed E-state index contributed by atoms with van der Waals surface area (Å²) in [5.41, 5.74) is 3.25. The van der Waals surface area contributed by atoms with Crippen LogP contribution in [0.5, 0.6) is 11.5 Å². The summed E-state index contributed by atoms with van der Waals surface area (Å²) in [7, 11) is 0. The van der Waals surface area contributed by atoms with Gasteiger partial charge in [-0.3, -0.25) is 19.3 Å². The second kappa shape index (κ2) is 12.9. The highest BCUT2D eigenvalue weighted by Crippen LogP contribution is 2.35. The lowest BCUT2D eigenvalue weighted by molar-refractivity contribution is -0.127. The van der Waals surface area contributed by atoms with Gasteiger partial charge < -0.3 is 14.8 Å². The van der Waals surface area contributed by atoms with Gasteiger partial charge in [-0.25, -0.2) is 0 Å². The molecule has 1 heterocycles. The monoisotopic (exact) mass is 564 g/mol. The molecule has 0 atom stereocenters. The molecule has 0 unspecified atom stereocenters. The third kappa shape index (κ3) is 7.22. The van der Waals surface area contributed by atoms with Gasteiger partial charge in [-0.2, -0.15) is 0 Å². The standard InChI is InChI=1S/C30H29ClN2O5S/c1-4-37-26-15-20(9-14-25(26)38-18-22-7-5-6-8-24(22)31)16-27-29(35)33(30(36)39-27)17-28(34)32-23-12-10-21(11-13-23)19(2)3/h5-16,19H,4,17-18H2,1-3H3,(H,32,34)/b27-16+. The van der Waals surface area contributed by atoms with Crippen molar-refractivity contribution in [3.05, 3.63) is 93.3 Å². The van der Waals surface area contributed by atoms with Crippen molar-refractivity contribution in [3.8, 4) is 11.5 Å². The molecule has 3 aromatic rings. The minimum Gasteiger partial charge on any atom is -0.490 e. The summed E-state index contributed by atoms with van der Waals surface area (Å²) >= 11 is 7.02. The normalized spacial score (nSPS) is 14.3. The van der Waals surface area contributed by atoms with Crippen LogP contribution < -0.4 is 14.8 Å². The highest BCUT2D eigenvalue weighted by Gasteiger charge is 2.36. The molecule has 9 heteroatoms. The van der Waals surface area contributed by atoms with E-state index < -0.39 is 17.1 Å². The van der Waals surface area contributed by atoms with Crippen molar-refractivity contribution < 1.29 is 23.9 Å². The molecule has 3 aromatic carbocycles. The molecule has 39 heavy (non-hydrogen) atoms. The minimum atomic E-state index is -0.521. The molecular formula is C30H29ClN2O5S. The number of anilines is 1. The Bertz CT molecular complexity index is 1400. The van der Waals surface area contributed by atoms with Crippen LogP contribution in [0, 0.1) is 0 Å². The molecule has 0 aromatic heterocycles. The van der Waals surface area contributed by atoms with E-state index in [4.69, 9.17) is 21.1 Å². The highest BCUT2D eigenvalue weighted by molar-refractivity contribution is 8.18. The number of nitrogens with zero attached hydrogens (tertiary/aromatic N) is 1. The lowest BCUT2D eigenvalue weighted by Crippen LogP contribution is -2.36. The fourth-order valence-electron chi connectivity index (χ4n) is 3.86. The van der Waals surface area contributed by atoms with Crippen molar-refractivity contribution in [2.24, 2.45) is 0 Å². The van der Waals surface area contributed by atoms with Gasteiger partial charge in [0.1, 0.15) is 13.2 Å². The predicted molar refractivity (Wildman–Crippen MR) is 155 cm³/mol. The number of carbonyl (C=O) groups is 3. The number of hydrogen-bond acceptors (Lipinski definition) is 6. The number of benzene rings is 3. The Morgan fingerprint density at radius 3 is 2.46 bits per heavy atom. The summed E-state index contributed by atoms with van der Waals surface area (Å²) in [6, 6.07) is 20.2. The Morgan fingerprint density at radius 1 is 1.03 bits per heavy atom. The number of rotatable bonds is 10. The van der Waals surface area contributed by atoms with Crippen LogP contribution in [0.25, 0.3) is 6.08 Å². The highest BCUT2D eigenvalue weighted by atomic mass is 35.5. The van der Waals surface area contributed by atoms with Crippen LogP contribution in [0.3, 0.4) is 0 Å². The molecule has 4 rings (SSSR count). The van der Waals surface area contributed by atoms with E-state index in [9.17, 15) is 14.4 Å². The molecule has 1 aliphatic rings. The van der Waals surface area contributed by atoms with Crippen molar-refractivity contribution in [2.75, 3.05) is 18.5 Å². The molecule has 1 saturated heterocycles. The molecule has 0 aliphatic carbocycles. The quantitative estimate of drug-likeness (QED) is 0.264. The number of carbonyl (C=O) groups excluding carboxylic acids is 3. The molecule has 1 aliphatic heterocycles. The number of imide groups is 1. The van der Waals surface area contributed by atoms with Gasteiger partial charge in [-0.05, 0) is 72.1 Å².